The van der Waals surface area contributed by atoms with Crippen molar-refractivity contribution < 1.29 is 19.7 Å². The maximum Gasteiger partial charge on any atom is 0.173 e. The van der Waals surface area contributed by atoms with Crippen LogP contribution in [0.5, 0.6) is 0 Å². The van der Waals surface area contributed by atoms with Crippen molar-refractivity contribution in [3.05, 3.63) is 0 Å². The van der Waals surface area contributed by atoms with Crippen LogP contribution in [0, 0.1) is 0 Å². The summed E-state index contributed by atoms with van der Waals surface area (Å²) in [5.74, 6) is 0. The fourth-order valence-electron chi connectivity index (χ4n) is 3.15. The van der Waals surface area contributed by atoms with Crippen LogP contribution in [0.3, 0.4) is 0 Å². The van der Waals surface area contributed by atoms with Crippen molar-refractivity contribution in [1.29, 1.82) is 0 Å². The maximum absolute atomic E-state index is 10.2. The van der Waals surface area contributed by atoms with E-state index in [9.17, 15) is 10.2 Å². The quantitative estimate of drug-likeness (QED) is 0.336. The Balaban J connectivity index is 2.01. The standard InChI is InChI=1S/C14H30N4O4/c1-6(18-2)10-4-3-7(15)14(21-10)22-13-9(17)5-8(16)11(19)12(13)20/h6-14,18-20H,3-5,15-17H2,1-2H3/t6?,7-,8-,9+,10+,11+,12-,13-,14-/m1/s1. The zero-order valence-electron chi connectivity index (χ0n) is 13.3. The Kier molecular flexibility index (Phi) is 6.14. The van der Waals surface area contributed by atoms with Crippen molar-refractivity contribution in [3.63, 3.8) is 0 Å². The number of likely N-dealkylation sites (N-methyl/N-ethyl adjacent to an activating group) is 1. The maximum atomic E-state index is 10.2. The minimum absolute atomic E-state index is 0.0149. The number of aliphatic hydroxyl groups is 2. The van der Waals surface area contributed by atoms with Gasteiger partial charge in [-0.25, -0.2) is 0 Å². The van der Waals surface area contributed by atoms with Crippen molar-refractivity contribution in [2.24, 2.45) is 17.2 Å². The predicted molar refractivity (Wildman–Crippen MR) is 81.8 cm³/mol. The molecule has 0 aromatic rings. The van der Waals surface area contributed by atoms with E-state index < -0.39 is 36.7 Å². The van der Waals surface area contributed by atoms with Gasteiger partial charge in [-0.15, -0.1) is 0 Å². The molecule has 130 valence electrons. The van der Waals surface area contributed by atoms with E-state index in [1.165, 1.54) is 0 Å². The van der Waals surface area contributed by atoms with Crippen molar-refractivity contribution in [2.45, 2.75) is 81.1 Å². The van der Waals surface area contributed by atoms with Crippen molar-refractivity contribution in [3.8, 4) is 0 Å². The van der Waals surface area contributed by atoms with Gasteiger partial charge in [0.25, 0.3) is 0 Å². The van der Waals surface area contributed by atoms with Gasteiger partial charge in [0.05, 0.1) is 18.2 Å². The van der Waals surface area contributed by atoms with Gasteiger partial charge in [-0.05, 0) is 33.2 Å². The zero-order chi connectivity index (χ0) is 16.4. The molecule has 0 amide bonds. The Hall–Kier alpha value is -0.320. The summed E-state index contributed by atoms with van der Waals surface area (Å²) >= 11 is 0. The molecule has 9 atom stereocenters. The summed E-state index contributed by atoms with van der Waals surface area (Å²) in [5, 5.41) is 23.2. The van der Waals surface area contributed by atoms with E-state index in [2.05, 4.69) is 5.32 Å². The molecule has 1 saturated carbocycles. The van der Waals surface area contributed by atoms with Crippen LogP contribution in [0.15, 0.2) is 0 Å². The van der Waals surface area contributed by atoms with Gasteiger partial charge >= 0.3 is 0 Å². The van der Waals surface area contributed by atoms with Crippen LogP contribution < -0.4 is 22.5 Å². The van der Waals surface area contributed by atoms with Crippen molar-refractivity contribution >= 4 is 0 Å². The average molecular weight is 318 g/mol. The van der Waals surface area contributed by atoms with Crippen LogP contribution in [0.2, 0.25) is 0 Å². The molecule has 1 unspecified atom stereocenters. The highest BCUT2D eigenvalue weighted by atomic mass is 16.7. The first-order chi connectivity index (χ1) is 10.3. The van der Waals surface area contributed by atoms with E-state index in [0.29, 0.717) is 6.42 Å². The lowest BCUT2D eigenvalue weighted by atomic mass is 9.84. The normalized spacial score (nSPS) is 48.1. The third-order valence-electron chi connectivity index (χ3n) is 4.84. The minimum atomic E-state index is -1.14. The molecule has 22 heavy (non-hydrogen) atoms. The number of rotatable bonds is 4. The Morgan fingerprint density at radius 2 is 1.77 bits per heavy atom. The fraction of sp³-hybridized carbons (Fsp3) is 1.00. The van der Waals surface area contributed by atoms with Crippen LogP contribution in [-0.2, 0) is 9.47 Å². The number of ether oxygens (including phenoxy) is 2. The molecule has 0 radical (unpaired) electrons. The second kappa shape index (κ2) is 7.50. The Bertz CT molecular complexity index is 362. The van der Waals surface area contributed by atoms with Gasteiger partial charge in [-0.3, -0.25) is 0 Å². The highest BCUT2D eigenvalue weighted by Gasteiger charge is 2.44. The smallest absolute Gasteiger partial charge is 0.173 e. The molecule has 0 aromatic carbocycles. The Labute approximate surface area is 131 Å². The second-order valence-electron chi connectivity index (χ2n) is 6.51. The molecule has 1 saturated heterocycles. The molecule has 1 aliphatic heterocycles. The summed E-state index contributed by atoms with van der Waals surface area (Å²) < 4.78 is 11.8. The summed E-state index contributed by atoms with van der Waals surface area (Å²) in [7, 11) is 1.87. The van der Waals surface area contributed by atoms with Gasteiger partial charge in [0.2, 0.25) is 0 Å². The second-order valence-corrected chi connectivity index (χ2v) is 6.51. The van der Waals surface area contributed by atoms with E-state index in [-0.39, 0.29) is 18.2 Å². The third-order valence-corrected chi connectivity index (χ3v) is 4.84. The number of nitrogens with two attached hydrogens (primary N) is 3. The molecular formula is C14H30N4O4. The summed E-state index contributed by atoms with van der Waals surface area (Å²) in [6.45, 7) is 2.03. The first kappa shape index (κ1) is 18.0. The molecular weight excluding hydrogens is 288 g/mol. The summed E-state index contributed by atoms with van der Waals surface area (Å²) in [6.07, 6.45) is -1.62. The number of hydrogen-bond donors (Lipinski definition) is 6. The average Bonchev–Trinajstić information content (AvgIpc) is 2.50. The first-order valence-electron chi connectivity index (χ1n) is 7.96. The Morgan fingerprint density at radius 3 is 2.41 bits per heavy atom. The SMILES string of the molecule is CNC(C)[C@@H]1CC[C@@H](N)[C@@H](O[C@H]2[C@H](O)[C@@H](O)[C@H](N)C[C@@H]2N)O1. The summed E-state index contributed by atoms with van der Waals surface area (Å²) in [6, 6.07) is -1.14. The molecule has 2 fully saturated rings. The monoisotopic (exact) mass is 318 g/mol. The molecule has 0 bridgehead atoms. The first-order valence-corrected chi connectivity index (χ1v) is 7.96. The topological polar surface area (TPSA) is 149 Å². The van der Waals surface area contributed by atoms with Gasteiger partial charge in [-0.2, -0.15) is 0 Å². The largest absolute Gasteiger partial charge is 0.389 e. The molecule has 9 N–H and O–H groups in total. The van der Waals surface area contributed by atoms with Gasteiger partial charge in [0.1, 0.15) is 12.2 Å². The van der Waals surface area contributed by atoms with E-state index in [1.807, 2.05) is 14.0 Å². The van der Waals surface area contributed by atoms with Crippen molar-refractivity contribution in [1.82, 2.24) is 5.32 Å². The lowest BCUT2D eigenvalue weighted by molar-refractivity contribution is -0.256. The molecule has 1 aliphatic carbocycles. The lowest BCUT2D eigenvalue weighted by Gasteiger charge is -2.44. The third kappa shape index (κ3) is 3.77. The number of aliphatic hydroxyl groups excluding tert-OH is 2. The molecule has 2 aliphatic rings. The number of hydrogen-bond acceptors (Lipinski definition) is 8. The summed E-state index contributed by atoms with van der Waals surface area (Å²) in [5.41, 5.74) is 17.8. The van der Waals surface area contributed by atoms with E-state index in [0.717, 1.165) is 12.8 Å². The molecule has 0 aromatic heterocycles. The molecule has 8 nitrogen and oxygen atoms in total. The molecule has 2 rings (SSSR count). The van der Waals surface area contributed by atoms with Gasteiger partial charge in [-0.1, -0.05) is 0 Å². The summed E-state index contributed by atoms with van der Waals surface area (Å²) in [4.78, 5) is 0. The van der Waals surface area contributed by atoms with E-state index in [1.54, 1.807) is 0 Å². The van der Waals surface area contributed by atoms with Crippen LogP contribution in [0.25, 0.3) is 0 Å². The highest BCUT2D eigenvalue weighted by Crippen LogP contribution is 2.27. The lowest BCUT2D eigenvalue weighted by Crippen LogP contribution is -2.64. The van der Waals surface area contributed by atoms with Crippen molar-refractivity contribution in [2.75, 3.05) is 7.05 Å². The fourth-order valence-corrected chi connectivity index (χ4v) is 3.15. The van der Waals surface area contributed by atoms with Crippen LogP contribution in [0.4, 0.5) is 0 Å². The van der Waals surface area contributed by atoms with Crippen LogP contribution >= 0.6 is 0 Å². The highest BCUT2D eigenvalue weighted by molar-refractivity contribution is 4.98. The van der Waals surface area contributed by atoms with Crippen LogP contribution in [0.1, 0.15) is 26.2 Å². The van der Waals surface area contributed by atoms with E-state index in [4.69, 9.17) is 26.7 Å². The molecule has 8 heteroatoms. The molecule has 1 heterocycles. The van der Waals surface area contributed by atoms with E-state index >= 15 is 0 Å². The van der Waals surface area contributed by atoms with Gasteiger partial charge in [0, 0.05) is 18.1 Å². The van der Waals surface area contributed by atoms with Crippen LogP contribution in [-0.4, -0.2) is 72.1 Å². The van der Waals surface area contributed by atoms with Gasteiger partial charge in [0.15, 0.2) is 6.29 Å². The minimum Gasteiger partial charge on any atom is -0.389 e. The number of nitrogens with one attached hydrogen (secondary N) is 1. The zero-order valence-corrected chi connectivity index (χ0v) is 13.3. The molecule has 0 spiro atoms. The predicted octanol–water partition coefficient (Wildman–Crippen LogP) is -2.41. The van der Waals surface area contributed by atoms with Gasteiger partial charge < -0.3 is 42.2 Å². The Morgan fingerprint density at radius 1 is 1.09 bits per heavy atom.